The van der Waals surface area contributed by atoms with Gasteiger partial charge in [-0.3, -0.25) is 0 Å². The highest BCUT2D eigenvalue weighted by atomic mass is 35.5. The number of ether oxygens (including phenoxy) is 5. The van der Waals surface area contributed by atoms with Gasteiger partial charge in [-0.1, -0.05) is 82.1 Å². The van der Waals surface area contributed by atoms with E-state index >= 15 is 0 Å². The first-order valence-corrected chi connectivity index (χ1v) is 15.6. The Kier molecular flexibility index (Phi) is 9.93. The van der Waals surface area contributed by atoms with Crippen molar-refractivity contribution >= 4 is 52.5 Å². The van der Waals surface area contributed by atoms with Crippen LogP contribution in [0.5, 0.6) is 0 Å². The number of rotatable bonds is 8. The first-order valence-electron chi connectivity index (χ1n) is 13.6. The lowest BCUT2D eigenvalue weighted by Gasteiger charge is -2.49. The molecular weight excluding hydrogens is 675 g/mol. The standard InChI is InChI=1S/C30H24Cl3F2N3O6S/c1-40-24(39)14-41-28-26(38-12-22(36-37-38)16-9-20(34)25(33)21(35)10-16)27-23(13-42-29(44-27)15-5-3-2-4-6-15)43-30(28)45-17-7-8-18(31)19(32)11-17/h2-12,23,26-30H,13-14H2,1H3/t23?,26-,27-,28?,29?,30+/m0/s1. The van der Waals surface area contributed by atoms with Crippen LogP contribution < -0.4 is 0 Å². The molecule has 4 aromatic rings. The van der Waals surface area contributed by atoms with E-state index in [1.807, 2.05) is 30.3 Å². The van der Waals surface area contributed by atoms with Crippen molar-refractivity contribution in [2.75, 3.05) is 20.3 Å². The highest BCUT2D eigenvalue weighted by molar-refractivity contribution is 7.99. The molecule has 0 bridgehead atoms. The first-order chi connectivity index (χ1) is 21.7. The van der Waals surface area contributed by atoms with Crippen LogP contribution in [0.25, 0.3) is 11.3 Å². The van der Waals surface area contributed by atoms with Crippen molar-refractivity contribution < 1.29 is 37.3 Å². The van der Waals surface area contributed by atoms with Gasteiger partial charge in [-0.25, -0.2) is 18.3 Å². The molecule has 2 aliphatic rings. The first kappa shape index (κ1) is 32.1. The van der Waals surface area contributed by atoms with Crippen molar-refractivity contribution in [3.8, 4) is 11.3 Å². The summed E-state index contributed by atoms with van der Waals surface area (Å²) in [6, 6.07) is 15.8. The monoisotopic (exact) mass is 697 g/mol. The Labute approximate surface area is 275 Å². The van der Waals surface area contributed by atoms with Gasteiger partial charge in [0.1, 0.15) is 58.7 Å². The number of nitrogens with zero attached hydrogens (tertiary/aromatic N) is 3. The van der Waals surface area contributed by atoms with E-state index in [0.717, 1.165) is 17.7 Å². The molecule has 0 spiro atoms. The molecule has 0 saturated carbocycles. The average molecular weight is 699 g/mol. The third-order valence-corrected chi connectivity index (χ3v) is 9.48. The van der Waals surface area contributed by atoms with E-state index in [1.54, 1.807) is 18.2 Å². The Balaban J connectivity index is 1.41. The van der Waals surface area contributed by atoms with Crippen LogP contribution in [0.15, 0.2) is 71.8 Å². The molecule has 9 nitrogen and oxygen atoms in total. The number of esters is 1. The van der Waals surface area contributed by atoms with E-state index < -0.39 is 65.3 Å². The fourth-order valence-corrected chi connectivity index (χ4v) is 6.73. The average Bonchev–Trinajstić information content (AvgIpc) is 3.54. The zero-order chi connectivity index (χ0) is 31.7. The second-order valence-corrected chi connectivity index (χ2v) is 12.5. The van der Waals surface area contributed by atoms with E-state index in [4.69, 9.17) is 58.5 Å². The fraction of sp³-hybridized carbons (Fsp3) is 0.300. The molecule has 0 aliphatic carbocycles. The second kappa shape index (κ2) is 13.9. The molecule has 3 aromatic carbocycles. The molecule has 6 atom stereocenters. The number of thioether (sulfide) groups is 1. The lowest BCUT2D eigenvalue weighted by molar-refractivity contribution is -0.310. The van der Waals surface area contributed by atoms with Crippen molar-refractivity contribution in [1.29, 1.82) is 0 Å². The summed E-state index contributed by atoms with van der Waals surface area (Å²) in [4.78, 5) is 13.0. The van der Waals surface area contributed by atoms with Gasteiger partial charge >= 0.3 is 5.97 Å². The minimum atomic E-state index is -0.941. The molecule has 3 heterocycles. The van der Waals surface area contributed by atoms with Gasteiger partial charge in [0.15, 0.2) is 6.29 Å². The largest absolute Gasteiger partial charge is 0.467 e. The Morgan fingerprint density at radius 3 is 2.51 bits per heavy atom. The van der Waals surface area contributed by atoms with Gasteiger partial charge < -0.3 is 23.7 Å². The molecule has 6 rings (SSSR count). The van der Waals surface area contributed by atoms with E-state index in [2.05, 4.69) is 10.3 Å². The number of carbonyl (C=O) groups excluding carboxylic acids is 1. The number of carbonyl (C=O) groups is 1. The summed E-state index contributed by atoms with van der Waals surface area (Å²) in [6.07, 6.45) is -1.48. The van der Waals surface area contributed by atoms with Crippen molar-refractivity contribution in [3.05, 3.63) is 99.1 Å². The molecular formula is C30H24Cl3F2N3O6S. The molecule has 3 unspecified atom stereocenters. The zero-order valence-electron chi connectivity index (χ0n) is 23.3. The summed E-state index contributed by atoms with van der Waals surface area (Å²) in [5.74, 6) is -2.50. The van der Waals surface area contributed by atoms with Crippen LogP contribution in [0.3, 0.4) is 0 Å². The van der Waals surface area contributed by atoms with Crippen LogP contribution in [0, 0.1) is 11.6 Å². The van der Waals surface area contributed by atoms with Gasteiger partial charge in [-0.05, 0) is 30.3 Å². The Morgan fingerprint density at radius 2 is 1.80 bits per heavy atom. The molecule has 0 amide bonds. The molecule has 15 heteroatoms. The maximum Gasteiger partial charge on any atom is 0.331 e. The SMILES string of the molecule is COC(=O)COC1[C@@H](Sc2ccc(Cl)c(Cl)c2)OC2COC(c3ccccc3)O[C@@H]2[C@@H]1n1cc(-c2cc(F)c(Cl)c(F)c2)nn1. The number of halogens is 5. The molecule has 45 heavy (non-hydrogen) atoms. The number of hydrogen-bond acceptors (Lipinski definition) is 9. The molecule has 0 radical (unpaired) electrons. The van der Waals surface area contributed by atoms with Crippen LogP contribution in [0.4, 0.5) is 8.78 Å². The normalized spacial score (nSPS) is 24.7. The summed E-state index contributed by atoms with van der Waals surface area (Å²) in [7, 11) is 1.25. The third-order valence-electron chi connectivity index (χ3n) is 7.24. The second-order valence-electron chi connectivity index (χ2n) is 10.1. The molecule has 2 fully saturated rings. The van der Waals surface area contributed by atoms with E-state index in [-0.39, 0.29) is 17.9 Å². The lowest BCUT2D eigenvalue weighted by Crippen LogP contribution is -2.59. The van der Waals surface area contributed by atoms with Crippen molar-refractivity contribution in [3.63, 3.8) is 0 Å². The topological polar surface area (TPSA) is 93.9 Å². The summed E-state index contributed by atoms with van der Waals surface area (Å²) >= 11 is 19.4. The lowest BCUT2D eigenvalue weighted by atomic mass is 9.95. The van der Waals surface area contributed by atoms with Crippen molar-refractivity contribution in [2.24, 2.45) is 0 Å². The summed E-state index contributed by atoms with van der Waals surface area (Å²) < 4.78 is 60.2. The molecule has 2 saturated heterocycles. The highest BCUT2D eigenvalue weighted by Crippen LogP contribution is 2.45. The third kappa shape index (κ3) is 6.98. The smallest absolute Gasteiger partial charge is 0.331 e. The zero-order valence-corrected chi connectivity index (χ0v) is 26.4. The number of benzene rings is 3. The van der Waals surface area contributed by atoms with Crippen LogP contribution >= 0.6 is 46.6 Å². The van der Waals surface area contributed by atoms with Gasteiger partial charge in [-0.15, -0.1) is 5.10 Å². The van der Waals surface area contributed by atoms with E-state index in [9.17, 15) is 13.6 Å². The quantitative estimate of drug-likeness (QED) is 0.144. The predicted molar refractivity (Wildman–Crippen MR) is 162 cm³/mol. The number of aromatic nitrogens is 3. The maximum atomic E-state index is 14.3. The number of hydrogen-bond donors (Lipinski definition) is 0. The number of methoxy groups -OCH3 is 1. The molecule has 236 valence electrons. The minimum absolute atomic E-state index is 0.119. The van der Waals surface area contributed by atoms with Gasteiger partial charge in [0.2, 0.25) is 0 Å². The van der Waals surface area contributed by atoms with Crippen LogP contribution in [0.2, 0.25) is 15.1 Å². The molecule has 0 N–H and O–H groups in total. The van der Waals surface area contributed by atoms with Gasteiger partial charge in [0.05, 0.1) is 30.0 Å². The van der Waals surface area contributed by atoms with Gasteiger partial charge in [0, 0.05) is 16.0 Å². The van der Waals surface area contributed by atoms with E-state index in [1.165, 1.54) is 29.8 Å². The van der Waals surface area contributed by atoms with Crippen molar-refractivity contribution in [2.45, 2.75) is 41.0 Å². The highest BCUT2D eigenvalue weighted by Gasteiger charge is 2.52. The van der Waals surface area contributed by atoms with Crippen LogP contribution in [-0.2, 0) is 28.5 Å². The van der Waals surface area contributed by atoms with Crippen LogP contribution in [0.1, 0.15) is 17.9 Å². The molecule has 1 aromatic heterocycles. The van der Waals surface area contributed by atoms with Crippen LogP contribution in [-0.4, -0.2) is 65.0 Å². The Bertz CT molecular complexity index is 1660. The van der Waals surface area contributed by atoms with Gasteiger partial charge in [0.25, 0.3) is 0 Å². The van der Waals surface area contributed by atoms with Crippen molar-refractivity contribution in [1.82, 2.24) is 15.0 Å². The Hall–Kier alpha value is -2.81. The maximum absolute atomic E-state index is 14.3. The fourth-order valence-electron chi connectivity index (χ4n) is 5.09. The summed E-state index contributed by atoms with van der Waals surface area (Å²) in [5.41, 5.74) is 0.310. The number of fused-ring (bicyclic) bond motifs is 1. The predicted octanol–water partition coefficient (Wildman–Crippen LogP) is 6.91. The minimum Gasteiger partial charge on any atom is -0.467 e. The summed E-state index contributed by atoms with van der Waals surface area (Å²) in [5, 5.41) is 8.61. The summed E-state index contributed by atoms with van der Waals surface area (Å²) in [6.45, 7) is -0.261. The molecule has 2 aliphatic heterocycles. The van der Waals surface area contributed by atoms with Gasteiger partial charge in [-0.2, -0.15) is 0 Å². The van der Waals surface area contributed by atoms with E-state index in [0.29, 0.717) is 14.9 Å². The Morgan fingerprint density at radius 1 is 1.04 bits per heavy atom.